The third kappa shape index (κ3) is 6.01. The molecule has 0 bridgehead atoms. The van der Waals surface area contributed by atoms with Crippen molar-refractivity contribution in [1.82, 2.24) is 5.32 Å². The summed E-state index contributed by atoms with van der Waals surface area (Å²) in [5, 5.41) is 3.37. The summed E-state index contributed by atoms with van der Waals surface area (Å²) in [7, 11) is 0. The molecule has 2 nitrogen and oxygen atoms in total. The largest absolute Gasteiger partial charge is 0.374 e. The lowest BCUT2D eigenvalue weighted by Crippen LogP contribution is -2.33. The average molecular weight is 253 g/mol. The number of hydrogen-bond donors (Lipinski definition) is 1. The van der Waals surface area contributed by atoms with E-state index in [9.17, 15) is 0 Å². The maximum Gasteiger partial charge on any atom is 0.0690 e. The van der Waals surface area contributed by atoms with Crippen molar-refractivity contribution in [2.24, 2.45) is 11.3 Å². The number of ether oxygens (including phenoxy) is 1. The molecule has 1 aliphatic rings. The summed E-state index contributed by atoms with van der Waals surface area (Å²) in [4.78, 5) is 0. The number of rotatable bonds is 7. The van der Waals surface area contributed by atoms with Gasteiger partial charge in [-0.2, -0.15) is 0 Å². The van der Waals surface area contributed by atoms with E-state index in [-0.39, 0.29) is 0 Å². The molecule has 0 aromatic rings. The van der Waals surface area contributed by atoms with Crippen LogP contribution >= 0.6 is 0 Å². The van der Waals surface area contributed by atoms with Crippen LogP contribution in [-0.2, 0) is 4.74 Å². The molecule has 0 aromatic carbocycles. The Balaban J connectivity index is 2.24. The van der Waals surface area contributed by atoms with Gasteiger partial charge in [0.1, 0.15) is 0 Å². The molecular weight excluding hydrogens is 222 g/mol. The van der Waals surface area contributed by atoms with E-state index in [0.29, 0.717) is 18.1 Å². The van der Waals surface area contributed by atoms with Crippen molar-refractivity contribution in [3.8, 4) is 0 Å². The Morgan fingerprint density at radius 1 is 1.39 bits per heavy atom. The number of hydrogen-bond acceptors (Lipinski definition) is 2. The van der Waals surface area contributed by atoms with Gasteiger partial charge in [0.05, 0.1) is 12.7 Å². The summed E-state index contributed by atoms with van der Waals surface area (Å²) in [6.45, 7) is 16.0. The molecule has 0 radical (unpaired) electrons. The fourth-order valence-electron chi connectivity index (χ4n) is 3.11. The highest BCUT2D eigenvalue weighted by molar-refractivity contribution is 4.97. The van der Waals surface area contributed by atoms with Gasteiger partial charge in [0.25, 0.3) is 0 Å². The summed E-state index contributed by atoms with van der Waals surface area (Å²) < 4.78 is 6.04. The van der Waals surface area contributed by atoms with E-state index in [1.54, 1.807) is 0 Å². The van der Waals surface area contributed by atoms with Crippen LogP contribution < -0.4 is 5.32 Å². The molecule has 2 heteroatoms. The maximum absolute atomic E-state index is 6.04. The lowest BCUT2D eigenvalue weighted by atomic mass is 9.71. The fourth-order valence-corrected chi connectivity index (χ4v) is 3.11. The summed E-state index contributed by atoms with van der Waals surface area (Å²) in [6.07, 6.45) is 5.31. The smallest absolute Gasteiger partial charge is 0.0690 e. The van der Waals surface area contributed by atoms with Crippen LogP contribution in [0.2, 0.25) is 0 Å². The van der Waals surface area contributed by atoms with Crippen LogP contribution in [0.25, 0.3) is 0 Å². The lowest BCUT2D eigenvalue weighted by molar-refractivity contribution is -0.0136. The Hall–Kier alpha value is -0.340. The van der Waals surface area contributed by atoms with E-state index in [2.05, 4.69) is 39.6 Å². The predicted octanol–water partition coefficient (Wildman–Crippen LogP) is 3.77. The van der Waals surface area contributed by atoms with Crippen LogP contribution in [0, 0.1) is 11.3 Å². The monoisotopic (exact) mass is 253 g/mol. The van der Waals surface area contributed by atoms with Crippen LogP contribution in [0.1, 0.15) is 53.4 Å². The normalized spacial score (nSPS) is 27.1. The quantitative estimate of drug-likeness (QED) is 0.551. The van der Waals surface area contributed by atoms with Crippen LogP contribution in [0.3, 0.4) is 0 Å². The third-order valence-corrected chi connectivity index (χ3v) is 3.67. The van der Waals surface area contributed by atoms with Crippen molar-refractivity contribution in [2.75, 3.05) is 19.7 Å². The summed E-state index contributed by atoms with van der Waals surface area (Å²) in [5.74, 6) is 0.783. The minimum atomic E-state index is 0.423. The SMILES string of the molecule is C=C(CNCCC)COC1CC(C)CC(C)(C)C1. The minimum absolute atomic E-state index is 0.423. The van der Waals surface area contributed by atoms with Gasteiger partial charge in [0, 0.05) is 6.54 Å². The molecule has 0 heterocycles. The Bertz CT molecular complexity index is 260. The van der Waals surface area contributed by atoms with E-state index in [0.717, 1.165) is 19.0 Å². The zero-order valence-electron chi connectivity index (χ0n) is 12.7. The summed E-state index contributed by atoms with van der Waals surface area (Å²) in [6, 6.07) is 0. The first-order valence-corrected chi connectivity index (χ1v) is 7.42. The summed E-state index contributed by atoms with van der Waals surface area (Å²) in [5.41, 5.74) is 1.60. The highest BCUT2D eigenvalue weighted by Gasteiger charge is 2.32. The molecule has 0 aromatic heterocycles. The molecule has 18 heavy (non-hydrogen) atoms. The highest BCUT2D eigenvalue weighted by Crippen LogP contribution is 2.39. The van der Waals surface area contributed by atoms with E-state index in [1.807, 2.05) is 0 Å². The van der Waals surface area contributed by atoms with Gasteiger partial charge >= 0.3 is 0 Å². The maximum atomic E-state index is 6.04. The molecule has 0 aliphatic heterocycles. The van der Waals surface area contributed by atoms with E-state index < -0.39 is 0 Å². The van der Waals surface area contributed by atoms with Crippen LogP contribution in [0.5, 0.6) is 0 Å². The van der Waals surface area contributed by atoms with Crippen molar-refractivity contribution in [1.29, 1.82) is 0 Å². The predicted molar refractivity (Wildman–Crippen MR) is 78.8 cm³/mol. The van der Waals surface area contributed by atoms with Gasteiger partial charge in [-0.1, -0.05) is 34.3 Å². The van der Waals surface area contributed by atoms with Crippen LogP contribution in [0.4, 0.5) is 0 Å². The topological polar surface area (TPSA) is 21.3 Å². The minimum Gasteiger partial charge on any atom is -0.374 e. The Morgan fingerprint density at radius 2 is 2.11 bits per heavy atom. The van der Waals surface area contributed by atoms with E-state index >= 15 is 0 Å². The molecule has 106 valence electrons. The highest BCUT2D eigenvalue weighted by atomic mass is 16.5. The molecule has 2 atom stereocenters. The Morgan fingerprint density at radius 3 is 2.72 bits per heavy atom. The van der Waals surface area contributed by atoms with Gasteiger partial charge in [-0.25, -0.2) is 0 Å². The molecule has 1 rings (SSSR count). The third-order valence-electron chi connectivity index (χ3n) is 3.67. The number of nitrogens with one attached hydrogen (secondary N) is 1. The van der Waals surface area contributed by atoms with Gasteiger partial charge in [-0.15, -0.1) is 0 Å². The van der Waals surface area contributed by atoms with Crippen molar-refractivity contribution in [3.63, 3.8) is 0 Å². The molecule has 1 fully saturated rings. The molecule has 0 amide bonds. The van der Waals surface area contributed by atoms with Gasteiger partial charge < -0.3 is 10.1 Å². The molecule has 2 unspecified atom stereocenters. The zero-order valence-corrected chi connectivity index (χ0v) is 12.7. The van der Waals surface area contributed by atoms with Gasteiger partial charge in [0.15, 0.2) is 0 Å². The van der Waals surface area contributed by atoms with Gasteiger partial charge in [-0.05, 0) is 49.1 Å². The Labute approximate surface area is 113 Å². The first-order valence-electron chi connectivity index (χ1n) is 7.42. The van der Waals surface area contributed by atoms with E-state index in [1.165, 1.54) is 31.3 Å². The first-order chi connectivity index (χ1) is 8.43. The fraction of sp³-hybridized carbons (Fsp3) is 0.875. The van der Waals surface area contributed by atoms with Crippen molar-refractivity contribution < 1.29 is 4.74 Å². The molecule has 1 saturated carbocycles. The summed E-state index contributed by atoms with van der Waals surface area (Å²) >= 11 is 0. The van der Waals surface area contributed by atoms with Gasteiger partial charge in [-0.3, -0.25) is 0 Å². The van der Waals surface area contributed by atoms with Crippen molar-refractivity contribution in [2.45, 2.75) is 59.5 Å². The van der Waals surface area contributed by atoms with Gasteiger partial charge in [0.2, 0.25) is 0 Å². The van der Waals surface area contributed by atoms with Crippen molar-refractivity contribution in [3.05, 3.63) is 12.2 Å². The average Bonchev–Trinajstić information content (AvgIpc) is 2.24. The molecule has 1 aliphatic carbocycles. The molecule has 0 spiro atoms. The second-order valence-electron chi connectivity index (χ2n) is 6.77. The lowest BCUT2D eigenvalue weighted by Gasteiger charge is -2.38. The zero-order chi connectivity index (χ0) is 13.6. The molecule has 1 N–H and O–H groups in total. The van der Waals surface area contributed by atoms with Crippen molar-refractivity contribution >= 4 is 0 Å². The van der Waals surface area contributed by atoms with Crippen LogP contribution in [-0.4, -0.2) is 25.8 Å². The Kier molecular flexibility index (Phi) is 6.37. The first kappa shape index (κ1) is 15.7. The van der Waals surface area contributed by atoms with E-state index in [4.69, 9.17) is 4.74 Å². The molecular formula is C16H31NO. The second kappa shape index (κ2) is 7.30. The second-order valence-corrected chi connectivity index (χ2v) is 6.77. The van der Waals surface area contributed by atoms with Crippen LogP contribution in [0.15, 0.2) is 12.2 Å². The molecule has 0 saturated heterocycles. The standard InChI is InChI=1S/C16H31NO/c1-6-7-17-11-14(3)12-18-15-8-13(2)9-16(4,5)10-15/h13,15,17H,3,6-12H2,1-2,4-5H3.